The van der Waals surface area contributed by atoms with Crippen molar-refractivity contribution in [1.82, 2.24) is 0 Å². The second-order valence-corrected chi connectivity index (χ2v) is 17.1. The van der Waals surface area contributed by atoms with Crippen molar-refractivity contribution in [2.75, 3.05) is 47.5 Å². The molecule has 0 amide bonds. The van der Waals surface area contributed by atoms with Gasteiger partial charge in [0, 0.05) is 12.8 Å². The molecule has 1 fully saturated rings. The summed E-state index contributed by atoms with van der Waals surface area (Å²) in [6, 6.07) is 0. The molecule has 3 unspecified atom stereocenters. The van der Waals surface area contributed by atoms with Crippen LogP contribution >= 0.6 is 7.82 Å². The summed E-state index contributed by atoms with van der Waals surface area (Å²) in [6.45, 7) is 4.08. The number of phosphoric acid groups is 1. The third-order valence-corrected chi connectivity index (χ3v) is 10.2. The summed E-state index contributed by atoms with van der Waals surface area (Å²) in [7, 11) is 1.12. The van der Waals surface area contributed by atoms with Crippen molar-refractivity contribution in [3.63, 3.8) is 0 Å². The first-order chi connectivity index (χ1) is 26.5. The van der Waals surface area contributed by atoms with Crippen molar-refractivity contribution < 1.29 is 46.8 Å². The predicted octanol–water partition coefficient (Wildman–Crippen LogP) is 10.3. The number of hydrogen-bond acceptors (Lipinski definition) is 9. The summed E-state index contributed by atoms with van der Waals surface area (Å²) in [6.07, 6.45) is 38.7. The molecule has 0 bridgehead atoms. The van der Waals surface area contributed by atoms with Crippen LogP contribution in [0.15, 0.2) is 48.6 Å². The van der Waals surface area contributed by atoms with E-state index in [1.807, 2.05) is 21.1 Å². The highest BCUT2D eigenvalue weighted by Gasteiger charge is 2.36. The van der Waals surface area contributed by atoms with E-state index in [9.17, 15) is 19.0 Å². The maximum absolute atomic E-state index is 12.6. The summed E-state index contributed by atoms with van der Waals surface area (Å²) >= 11 is 0. The second kappa shape index (κ2) is 33.0. The third kappa shape index (κ3) is 33.8. The number of allylic oxidation sites excluding steroid dienone is 7. The van der Waals surface area contributed by atoms with Crippen molar-refractivity contribution in [3.8, 4) is 0 Å². The van der Waals surface area contributed by atoms with Crippen molar-refractivity contribution in [1.29, 1.82) is 0 Å². The molecule has 0 aliphatic carbocycles. The van der Waals surface area contributed by atoms with Gasteiger partial charge in [-0.25, -0.2) is 0 Å². The zero-order valence-electron chi connectivity index (χ0n) is 35.3. The van der Waals surface area contributed by atoms with E-state index < -0.39 is 32.5 Å². The molecule has 55 heavy (non-hydrogen) atoms. The van der Waals surface area contributed by atoms with Crippen LogP contribution < -0.4 is 4.89 Å². The number of ether oxygens (including phenoxy) is 3. The lowest BCUT2D eigenvalue weighted by Crippen LogP contribution is -2.37. The molecule has 318 valence electrons. The molecule has 1 heterocycles. The Morgan fingerprint density at radius 1 is 0.673 bits per heavy atom. The molecule has 10 nitrogen and oxygen atoms in total. The van der Waals surface area contributed by atoms with E-state index in [0.717, 1.165) is 77.0 Å². The van der Waals surface area contributed by atoms with Crippen LogP contribution in [0.3, 0.4) is 0 Å². The van der Waals surface area contributed by atoms with Crippen LogP contribution in [-0.4, -0.2) is 82.2 Å². The minimum atomic E-state index is -4.64. The van der Waals surface area contributed by atoms with Crippen molar-refractivity contribution in [3.05, 3.63) is 48.6 Å². The number of rotatable bonds is 37. The van der Waals surface area contributed by atoms with E-state index in [1.165, 1.54) is 38.5 Å². The summed E-state index contributed by atoms with van der Waals surface area (Å²) in [5.74, 6) is -0.907. The average molecular weight is 796 g/mol. The number of carbonyl (C=O) groups is 2. The van der Waals surface area contributed by atoms with Crippen molar-refractivity contribution >= 4 is 19.8 Å². The number of likely N-dealkylation sites (N-methyl/N-ethyl adjacent to an activating group) is 1. The standard InChI is InChI=1S/C44H78NO9P/c1-6-8-10-12-14-15-16-17-18-19-20-21-22-26-31-35-44(47)53-40(39-52-55(48,49)51-37-36-45(3,4)5)38-50-43(46)34-30-27-23-25-29-33-42-41(54-42)32-28-24-13-11-9-7-2/h14-15,17-18,20-21,24,28,40-42H,6-13,16,19,22-23,25-27,29-39H2,1-5H3/b15-14-,18-17-,21-20-,28-24-/t40-,41?,42?/m1/s1. The summed E-state index contributed by atoms with van der Waals surface area (Å²) in [5, 5.41) is 0. The van der Waals surface area contributed by atoms with Gasteiger partial charge < -0.3 is 32.6 Å². The minimum absolute atomic E-state index is 0.0449. The third-order valence-electron chi connectivity index (χ3n) is 9.25. The fraction of sp³-hybridized carbons (Fsp3) is 0.773. The molecule has 1 aliphatic rings. The lowest BCUT2D eigenvalue weighted by atomic mass is 10.1. The van der Waals surface area contributed by atoms with Gasteiger partial charge in [-0.3, -0.25) is 14.2 Å². The van der Waals surface area contributed by atoms with Crippen LogP contribution in [-0.2, 0) is 37.4 Å². The van der Waals surface area contributed by atoms with E-state index in [-0.39, 0.29) is 26.1 Å². The lowest BCUT2D eigenvalue weighted by molar-refractivity contribution is -0.870. The molecule has 0 aromatic rings. The number of nitrogens with zero attached hydrogens (tertiary/aromatic N) is 1. The van der Waals surface area contributed by atoms with Gasteiger partial charge in [0.25, 0.3) is 7.82 Å². The summed E-state index contributed by atoms with van der Waals surface area (Å²) < 4.78 is 39.6. The van der Waals surface area contributed by atoms with E-state index in [1.54, 1.807) is 0 Å². The molecule has 0 radical (unpaired) electrons. The van der Waals surface area contributed by atoms with Crippen molar-refractivity contribution in [2.45, 2.75) is 173 Å². The molecule has 1 saturated heterocycles. The number of epoxide rings is 1. The van der Waals surface area contributed by atoms with E-state index in [0.29, 0.717) is 36.1 Å². The predicted molar refractivity (Wildman–Crippen MR) is 221 cm³/mol. The summed E-state index contributed by atoms with van der Waals surface area (Å²) in [4.78, 5) is 37.5. The summed E-state index contributed by atoms with van der Waals surface area (Å²) in [5.41, 5.74) is 0. The smallest absolute Gasteiger partial charge is 0.306 e. The van der Waals surface area contributed by atoms with Gasteiger partial charge in [-0.1, -0.05) is 114 Å². The fourth-order valence-electron chi connectivity index (χ4n) is 5.72. The first kappa shape index (κ1) is 50.9. The molecular weight excluding hydrogens is 717 g/mol. The SMILES string of the molecule is CCCCC/C=C\C/C=C\C/C=C\CCCCC(=O)O[C@H](COC(=O)CCCCCCCC1OC1C/C=C\CCCCC)COP(=O)([O-])OCC[N+](C)(C)C. The van der Waals surface area contributed by atoms with Crippen LogP contribution in [0.4, 0.5) is 0 Å². The van der Waals surface area contributed by atoms with E-state index in [4.69, 9.17) is 23.3 Å². The Morgan fingerprint density at radius 3 is 1.85 bits per heavy atom. The number of phosphoric ester groups is 1. The van der Waals surface area contributed by atoms with Crippen LogP contribution in [0.5, 0.6) is 0 Å². The Hall–Kier alpha value is -2.07. The van der Waals surface area contributed by atoms with Gasteiger partial charge in [0.15, 0.2) is 6.10 Å². The molecule has 1 aliphatic heterocycles. The molecule has 0 saturated carbocycles. The van der Waals surface area contributed by atoms with Crippen LogP contribution in [0.1, 0.15) is 155 Å². The Kier molecular flexibility index (Phi) is 30.5. The lowest BCUT2D eigenvalue weighted by Gasteiger charge is -2.28. The van der Waals surface area contributed by atoms with E-state index >= 15 is 0 Å². The van der Waals surface area contributed by atoms with Gasteiger partial charge in [-0.15, -0.1) is 0 Å². The first-order valence-electron chi connectivity index (χ1n) is 21.5. The maximum Gasteiger partial charge on any atom is 0.306 e. The monoisotopic (exact) mass is 796 g/mol. The molecule has 0 aromatic heterocycles. The van der Waals surface area contributed by atoms with Gasteiger partial charge in [0.2, 0.25) is 0 Å². The zero-order chi connectivity index (χ0) is 40.5. The average Bonchev–Trinajstić information content (AvgIpc) is 3.89. The number of hydrogen-bond donors (Lipinski definition) is 0. The molecule has 11 heteroatoms. The Bertz CT molecular complexity index is 1150. The van der Waals surface area contributed by atoms with Gasteiger partial charge in [-0.05, 0) is 77.0 Å². The normalized spacial score (nSPS) is 17.8. The fourth-order valence-corrected chi connectivity index (χ4v) is 6.45. The number of quaternary nitrogens is 1. The second-order valence-electron chi connectivity index (χ2n) is 15.7. The molecule has 1 rings (SSSR count). The highest BCUT2D eigenvalue weighted by Crippen LogP contribution is 2.38. The van der Waals surface area contributed by atoms with Crippen LogP contribution in [0.25, 0.3) is 0 Å². The van der Waals surface area contributed by atoms with Gasteiger partial charge in [-0.2, -0.15) is 0 Å². The molecule has 4 atom stereocenters. The zero-order valence-corrected chi connectivity index (χ0v) is 36.2. The Morgan fingerprint density at radius 2 is 1.22 bits per heavy atom. The van der Waals surface area contributed by atoms with Gasteiger partial charge >= 0.3 is 11.9 Å². The highest BCUT2D eigenvalue weighted by molar-refractivity contribution is 7.45. The van der Waals surface area contributed by atoms with Crippen LogP contribution in [0, 0.1) is 0 Å². The highest BCUT2D eigenvalue weighted by atomic mass is 31.2. The minimum Gasteiger partial charge on any atom is -0.756 e. The largest absolute Gasteiger partial charge is 0.756 e. The number of unbranched alkanes of at least 4 members (excludes halogenated alkanes) is 12. The molecule has 0 N–H and O–H groups in total. The number of esters is 2. The Labute approximate surface area is 335 Å². The van der Waals surface area contributed by atoms with Gasteiger partial charge in [0.1, 0.15) is 19.8 Å². The molecule has 0 spiro atoms. The quantitative estimate of drug-likeness (QED) is 0.0151. The molecular formula is C44H78NO9P. The van der Waals surface area contributed by atoms with Crippen molar-refractivity contribution in [2.24, 2.45) is 0 Å². The number of carbonyl (C=O) groups excluding carboxylic acids is 2. The topological polar surface area (TPSA) is 124 Å². The molecule has 0 aromatic carbocycles. The van der Waals surface area contributed by atoms with Crippen LogP contribution in [0.2, 0.25) is 0 Å². The maximum atomic E-state index is 12.6. The van der Waals surface area contributed by atoms with E-state index in [2.05, 4.69) is 62.5 Å². The van der Waals surface area contributed by atoms with Gasteiger partial charge in [0.05, 0.1) is 40.0 Å². The first-order valence-corrected chi connectivity index (χ1v) is 22.9. The Balaban J connectivity index is 2.34.